The van der Waals surface area contributed by atoms with E-state index in [4.69, 9.17) is 9.62 Å². The van der Waals surface area contributed by atoms with E-state index in [1.807, 2.05) is 90.7 Å². The number of anilines is 3. The molecule has 1 fully saturated rings. The number of aromatic nitrogens is 3. The summed E-state index contributed by atoms with van der Waals surface area (Å²) in [6.07, 6.45) is 2.64. The van der Waals surface area contributed by atoms with Crippen molar-refractivity contribution in [3.8, 4) is 16.9 Å². The summed E-state index contributed by atoms with van der Waals surface area (Å²) in [5.41, 5.74) is 6.72. The average molecular weight is 646 g/mol. The topological polar surface area (TPSA) is 117 Å². The van der Waals surface area contributed by atoms with E-state index in [1.54, 1.807) is 11.6 Å². The van der Waals surface area contributed by atoms with Gasteiger partial charge in [0.15, 0.2) is 5.76 Å². The second-order valence-electron chi connectivity index (χ2n) is 13.6. The number of benzene rings is 3. The maximum absolute atomic E-state index is 13.2. The molecule has 5 aromatic rings. The van der Waals surface area contributed by atoms with Gasteiger partial charge in [-0.3, -0.25) is 5.32 Å². The molecule has 3 aromatic carbocycles. The van der Waals surface area contributed by atoms with Crippen molar-refractivity contribution in [2.75, 3.05) is 29.0 Å². The molecule has 0 aliphatic carbocycles. The van der Waals surface area contributed by atoms with E-state index in [-0.39, 0.29) is 17.5 Å². The minimum Gasteiger partial charge on any atom is -0.359 e. The Hall–Kier alpha value is -5.38. The van der Waals surface area contributed by atoms with E-state index in [2.05, 4.69) is 47.9 Å². The fraction of sp³-hybridized carbons (Fsp3) is 0.316. The molecule has 3 N–H and O–H groups in total. The third-order valence-corrected chi connectivity index (χ3v) is 8.75. The van der Waals surface area contributed by atoms with Crippen LogP contribution < -0.4 is 16.0 Å². The first kappa shape index (κ1) is 32.6. The highest BCUT2D eigenvalue weighted by Crippen LogP contribution is 2.31. The van der Waals surface area contributed by atoms with E-state index in [0.29, 0.717) is 42.0 Å². The number of carbonyl (C=O) groups is 2. The Morgan fingerprint density at radius 1 is 0.875 bits per heavy atom. The Bertz CT molecular complexity index is 1880. The summed E-state index contributed by atoms with van der Waals surface area (Å²) in [5.74, 6) is 1.60. The average Bonchev–Trinajstić information content (AvgIpc) is 3.65. The number of carbonyl (C=O) groups excluding carboxylic acids is 2. The Labute approximate surface area is 281 Å². The molecule has 1 saturated heterocycles. The zero-order chi connectivity index (χ0) is 33.8. The van der Waals surface area contributed by atoms with E-state index < -0.39 is 0 Å². The van der Waals surface area contributed by atoms with Gasteiger partial charge in [-0.1, -0.05) is 86.1 Å². The highest BCUT2D eigenvalue weighted by atomic mass is 16.5. The van der Waals surface area contributed by atoms with Crippen LogP contribution >= 0.6 is 0 Å². The van der Waals surface area contributed by atoms with Gasteiger partial charge in [-0.05, 0) is 68.9 Å². The van der Waals surface area contributed by atoms with Crippen LogP contribution in [0.15, 0.2) is 89.5 Å². The predicted molar refractivity (Wildman–Crippen MR) is 190 cm³/mol. The van der Waals surface area contributed by atoms with Gasteiger partial charge in [0.1, 0.15) is 17.2 Å². The molecule has 1 aliphatic rings. The number of hydrogen-bond donors (Lipinski definition) is 3. The molecule has 0 saturated carbocycles. The first-order chi connectivity index (χ1) is 23.0. The molecule has 3 heterocycles. The molecule has 48 heavy (non-hydrogen) atoms. The third-order valence-electron chi connectivity index (χ3n) is 8.75. The van der Waals surface area contributed by atoms with E-state index >= 15 is 0 Å². The van der Waals surface area contributed by atoms with Crippen LogP contribution in [0, 0.1) is 19.8 Å². The molecule has 0 bridgehead atoms. The van der Waals surface area contributed by atoms with Crippen LogP contribution in [-0.2, 0) is 11.8 Å². The van der Waals surface area contributed by atoms with Crippen LogP contribution in [0.5, 0.6) is 0 Å². The Morgan fingerprint density at radius 2 is 1.60 bits per heavy atom. The lowest BCUT2D eigenvalue weighted by molar-refractivity contribution is 0.182. The van der Waals surface area contributed by atoms with Crippen molar-refractivity contribution in [1.29, 1.82) is 0 Å². The van der Waals surface area contributed by atoms with E-state index in [1.165, 1.54) is 0 Å². The van der Waals surface area contributed by atoms with Gasteiger partial charge in [0.2, 0.25) is 0 Å². The van der Waals surface area contributed by atoms with Crippen LogP contribution in [0.1, 0.15) is 56.2 Å². The first-order valence-corrected chi connectivity index (χ1v) is 16.5. The first-order valence-electron chi connectivity index (χ1n) is 16.5. The second-order valence-corrected chi connectivity index (χ2v) is 13.6. The van der Waals surface area contributed by atoms with E-state index in [9.17, 15) is 9.59 Å². The van der Waals surface area contributed by atoms with Gasteiger partial charge in [0, 0.05) is 35.8 Å². The number of amides is 4. The van der Waals surface area contributed by atoms with Crippen molar-refractivity contribution in [3.05, 3.63) is 108 Å². The van der Waals surface area contributed by atoms with Crippen LogP contribution in [0.4, 0.5) is 26.8 Å². The summed E-state index contributed by atoms with van der Waals surface area (Å²) >= 11 is 0. The zero-order valence-electron chi connectivity index (χ0n) is 28.2. The lowest BCUT2D eigenvalue weighted by atomic mass is 9.90. The lowest BCUT2D eigenvalue weighted by Crippen LogP contribution is -2.41. The largest absolute Gasteiger partial charge is 0.359 e. The second kappa shape index (κ2) is 13.8. The van der Waals surface area contributed by atoms with Gasteiger partial charge in [-0.15, -0.1) is 0 Å². The minimum atomic E-state index is -0.335. The highest BCUT2D eigenvalue weighted by molar-refractivity contribution is 5.99. The van der Waals surface area contributed by atoms with Gasteiger partial charge in [0.05, 0.1) is 11.4 Å². The van der Waals surface area contributed by atoms with Gasteiger partial charge >= 0.3 is 12.1 Å². The number of aryl methyl sites for hydroxylation is 2. The molecule has 248 valence electrons. The lowest BCUT2D eigenvalue weighted by Gasteiger charge is -2.32. The number of piperidine rings is 1. The monoisotopic (exact) mass is 645 g/mol. The fourth-order valence-electron chi connectivity index (χ4n) is 5.95. The summed E-state index contributed by atoms with van der Waals surface area (Å²) in [6, 6.07) is 27.2. The number of rotatable bonds is 7. The summed E-state index contributed by atoms with van der Waals surface area (Å²) in [4.78, 5) is 28.3. The standard InChI is InChI=1S/C38H43N7O3/c1-25-14-16-31(17-15-25)45-33(24-32(42-45)38(3,4)5)40-36(46)39-30-13-9-10-28(23-30)22-27-18-20-44(21-19-27)37(47)41-34-26(2)48-43-35(34)29-11-7-6-8-12-29/h6-17,23-24,27H,18-22H2,1-5H3,(H,41,47)(H2,39,40,46). The SMILES string of the molecule is Cc1ccc(-n2nc(C(C)(C)C)cc2NC(=O)Nc2cccc(CC3CCN(C(=O)Nc4c(-c5ccccc5)noc4C)CC3)c2)cc1. The van der Waals surface area contributed by atoms with Crippen LogP contribution in [0.2, 0.25) is 0 Å². The molecule has 0 atom stereocenters. The Morgan fingerprint density at radius 3 is 2.31 bits per heavy atom. The Balaban J connectivity index is 1.04. The maximum atomic E-state index is 13.2. The number of urea groups is 2. The maximum Gasteiger partial charge on any atom is 0.324 e. The Kier molecular flexibility index (Phi) is 9.34. The van der Waals surface area contributed by atoms with Gasteiger partial charge in [-0.25, -0.2) is 14.3 Å². The van der Waals surface area contributed by atoms with Crippen LogP contribution in [0.25, 0.3) is 16.9 Å². The van der Waals surface area contributed by atoms with Crippen molar-refractivity contribution in [2.45, 2.75) is 59.3 Å². The predicted octanol–water partition coefficient (Wildman–Crippen LogP) is 8.57. The fourth-order valence-corrected chi connectivity index (χ4v) is 5.95. The molecule has 6 rings (SSSR count). The number of nitrogens with one attached hydrogen (secondary N) is 3. The van der Waals surface area contributed by atoms with Gasteiger partial charge in [0.25, 0.3) is 0 Å². The smallest absolute Gasteiger partial charge is 0.324 e. The summed E-state index contributed by atoms with van der Waals surface area (Å²) < 4.78 is 7.18. The van der Waals surface area contributed by atoms with Crippen molar-refractivity contribution in [2.24, 2.45) is 5.92 Å². The molecular formula is C38H43N7O3. The van der Waals surface area contributed by atoms with Crippen molar-refractivity contribution >= 4 is 29.3 Å². The molecular weight excluding hydrogens is 602 g/mol. The van der Waals surface area contributed by atoms with Gasteiger partial charge in [-0.2, -0.15) is 5.10 Å². The molecule has 2 aromatic heterocycles. The molecule has 1 aliphatic heterocycles. The summed E-state index contributed by atoms with van der Waals surface area (Å²) in [5, 5.41) is 18.0. The minimum absolute atomic E-state index is 0.146. The molecule has 0 spiro atoms. The number of hydrogen-bond acceptors (Lipinski definition) is 5. The number of nitrogens with zero attached hydrogens (tertiary/aromatic N) is 4. The summed E-state index contributed by atoms with van der Waals surface area (Å²) in [7, 11) is 0. The molecule has 0 unspecified atom stereocenters. The van der Waals surface area contributed by atoms with Crippen LogP contribution in [-0.4, -0.2) is 45.0 Å². The molecule has 4 amide bonds. The molecule has 0 radical (unpaired) electrons. The van der Waals surface area contributed by atoms with Gasteiger partial charge < -0.3 is 20.1 Å². The zero-order valence-corrected chi connectivity index (χ0v) is 28.2. The summed E-state index contributed by atoms with van der Waals surface area (Å²) in [6.45, 7) is 11.5. The third kappa shape index (κ3) is 7.60. The van der Waals surface area contributed by atoms with Crippen molar-refractivity contribution < 1.29 is 14.1 Å². The van der Waals surface area contributed by atoms with Crippen LogP contribution in [0.3, 0.4) is 0 Å². The molecule has 10 heteroatoms. The van der Waals surface area contributed by atoms with Crippen molar-refractivity contribution in [3.63, 3.8) is 0 Å². The number of likely N-dealkylation sites (tertiary alicyclic amines) is 1. The van der Waals surface area contributed by atoms with Crippen molar-refractivity contribution in [1.82, 2.24) is 19.8 Å². The molecule has 10 nitrogen and oxygen atoms in total. The normalized spacial score (nSPS) is 13.7. The van der Waals surface area contributed by atoms with E-state index in [0.717, 1.165) is 53.0 Å². The highest BCUT2D eigenvalue weighted by Gasteiger charge is 2.26. The quantitative estimate of drug-likeness (QED) is 0.164.